The molecular formula is C16H20N2O5. The van der Waals surface area contributed by atoms with E-state index >= 15 is 0 Å². The maximum absolute atomic E-state index is 12.4. The van der Waals surface area contributed by atoms with Gasteiger partial charge in [0.25, 0.3) is 5.91 Å². The molecule has 0 spiro atoms. The van der Waals surface area contributed by atoms with Crippen LogP contribution in [0.2, 0.25) is 0 Å². The number of fused-ring (bicyclic) bond motifs is 1. The average Bonchev–Trinajstić information content (AvgIpc) is 2.79. The summed E-state index contributed by atoms with van der Waals surface area (Å²) in [5, 5.41) is 11.2. The monoisotopic (exact) mass is 320 g/mol. The first-order valence-corrected chi connectivity index (χ1v) is 7.45. The Balaban J connectivity index is 1.83. The highest BCUT2D eigenvalue weighted by Gasteiger charge is 2.36. The molecule has 7 nitrogen and oxygen atoms in total. The molecule has 1 atom stereocenters. The highest BCUT2D eigenvalue weighted by molar-refractivity contribution is 5.99. The fraction of sp³-hybridized carbons (Fsp3) is 0.438. The summed E-state index contributed by atoms with van der Waals surface area (Å²) in [6.07, 6.45) is -0.00828. The molecule has 0 bridgehead atoms. The first-order valence-electron chi connectivity index (χ1n) is 7.45. The van der Waals surface area contributed by atoms with E-state index < -0.39 is 12.2 Å². The Morgan fingerprint density at radius 1 is 1.30 bits per heavy atom. The van der Waals surface area contributed by atoms with E-state index in [-0.39, 0.29) is 24.7 Å². The molecule has 2 N–H and O–H groups in total. The minimum Gasteiger partial charge on any atom is -0.481 e. The van der Waals surface area contributed by atoms with Crippen molar-refractivity contribution in [1.29, 1.82) is 0 Å². The highest BCUT2D eigenvalue weighted by atomic mass is 16.5. The van der Waals surface area contributed by atoms with Gasteiger partial charge in [-0.3, -0.25) is 14.4 Å². The molecule has 1 heterocycles. The van der Waals surface area contributed by atoms with Crippen molar-refractivity contribution >= 4 is 17.8 Å². The summed E-state index contributed by atoms with van der Waals surface area (Å²) in [6.45, 7) is 0.627. The molecule has 0 saturated carbocycles. The van der Waals surface area contributed by atoms with Crippen LogP contribution in [0.5, 0.6) is 0 Å². The third-order valence-corrected chi connectivity index (χ3v) is 3.69. The highest BCUT2D eigenvalue weighted by Crippen LogP contribution is 2.33. The number of hydrogen-bond acceptors (Lipinski definition) is 4. The molecule has 124 valence electrons. The van der Waals surface area contributed by atoms with Crippen LogP contribution in [-0.2, 0) is 14.3 Å². The van der Waals surface area contributed by atoms with E-state index in [1.165, 1.54) is 7.11 Å². The first-order chi connectivity index (χ1) is 11.0. The minimum absolute atomic E-state index is 0.0287. The Morgan fingerprint density at radius 3 is 2.74 bits per heavy atom. The van der Waals surface area contributed by atoms with Gasteiger partial charge < -0.3 is 20.1 Å². The van der Waals surface area contributed by atoms with Crippen LogP contribution in [0.1, 0.15) is 41.4 Å². The van der Waals surface area contributed by atoms with E-state index in [1.807, 2.05) is 12.1 Å². The number of rotatable bonds is 8. The SMILES string of the molecule is COC1c2ccccc2C(=O)N1CCNC(=O)CCCC(=O)O. The van der Waals surface area contributed by atoms with Gasteiger partial charge in [0.15, 0.2) is 6.23 Å². The van der Waals surface area contributed by atoms with Crippen molar-refractivity contribution < 1.29 is 24.2 Å². The zero-order valence-corrected chi connectivity index (χ0v) is 12.9. The van der Waals surface area contributed by atoms with Gasteiger partial charge in [0.1, 0.15) is 0 Å². The topological polar surface area (TPSA) is 95.9 Å². The standard InChI is InChI=1S/C16H20N2O5/c1-23-16-12-6-3-2-5-11(12)15(22)18(16)10-9-17-13(19)7-4-8-14(20)21/h2-3,5-6,16H,4,7-10H2,1H3,(H,17,19)(H,20,21). The number of carboxylic acids is 1. The van der Waals surface area contributed by atoms with Crippen molar-refractivity contribution in [2.75, 3.05) is 20.2 Å². The molecule has 7 heteroatoms. The first kappa shape index (κ1) is 17.0. The van der Waals surface area contributed by atoms with Crippen LogP contribution >= 0.6 is 0 Å². The minimum atomic E-state index is -0.916. The summed E-state index contributed by atoms with van der Waals surface area (Å²) in [5.41, 5.74) is 1.44. The van der Waals surface area contributed by atoms with Crippen molar-refractivity contribution in [3.8, 4) is 0 Å². The van der Waals surface area contributed by atoms with Crippen molar-refractivity contribution in [2.45, 2.75) is 25.5 Å². The van der Waals surface area contributed by atoms with Crippen LogP contribution in [0.4, 0.5) is 0 Å². The number of carbonyl (C=O) groups is 3. The van der Waals surface area contributed by atoms with Gasteiger partial charge in [-0.2, -0.15) is 0 Å². The van der Waals surface area contributed by atoms with E-state index in [9.17, 15) is 14.4 Å². The molecule has 1 aliphatic rings. The third kappa shape index (κ3) is 4.07. The quantitative estimate of drug-likeness (QED) is 0.749. The van der Waals surface area contributed by atoms with Gasteiger partial charge in [-0.05, 0) is 12.5 Å². The molecule has 0 aliphatic carbocycles. The average molecular weight is 320 g/mol. The van der Waals surface area contributed by atoms with E-state index in [0.717, 1.165) is 5.56 Å². The molecule has 0 saturated heterocycles. The van der Waals surface area contributed by atoms with Crippen LogP contribution < -0.4 is 5.32 Å². The maximum atomic E-state index is 12.4. The van der Waals surface area contributed by atoms with Gasteiger partial charge in [-0.15, -0.1) is 0 Å². The Hall–Kier alpha value is -2.41. The van der Waals surface area contributed by atoms with Gasteiger partial charge >= 0.3 is 5.97 Å². The Kier molecular flexibility index (Phi) is 5.70. The van der Waals surface area contributed by atoms with Gasteiger partial charge in [0.05, 0.1) is 0 Å². The number of carbonyl (C=O) groups excluding carboxylic acids is 2. The second kappa shape index (κ2) is 7.73. The molecule has 2 amide bonds. The van der Waals surface area contributed by atoms with Gasteiger partial charge in [-0.25, -0.2) is 0 Å². The zero-order chi connectivity index (χ0) is 16.8. The lowest BCUT2D eigenvalue weighted by atomic mass is 10.1. The fourth-order valence-electron chi connectivity index (χ4n) is 2.61. The summed E-state index contributed by atoms with van der Waals surface area (Å²) >= 11 is 0. The predicted octanol–water partition coefficient (Wildman–Crippen LogP) is 1.16. The molecule has 0 fully saturated rings. The van der Waals surface area contributed by atoms with Crippen molar-refractivity contribution in [1.82, 2.24) is 10.2 Å². The molecular weight excluding hydrogens is 300 g/mol. The van der Waals surface area contributed by atoms with Crippen LogP contribution in [0.15, 0.2) is 24.3 Å². The number of methoxy groups -OCH3 is 1. The normalized spacial score (nSPS) is 16.3. The third-order valence-electron chi connectivity index (χ3n) is 3.69. The van der Waals surface area contributed by atoms with E-state index in [2.05, 4.69) is 5.32 Å². The number of amides is 2. The largest absolute Gasteiger partial charge is 0.481 e. The molecule has 1 aromatic rings. The molecule has 1 aliphatic heterocycles. The number of ether oxygens (including phenoxy) is 1. The van der Waals surface area contributed by atoms with E-state index in [4.69, 9.17) is 9.84 Å². The van der Waals surface area contributed by atoms with Gasteiger partial charge in [0.2, 0.25) is 5.91 Å². The molecule has 0 radical (unpaired) electrons. The molecule has 1 aromatic carbocycles. The predicted molar refractivity (Wildman–Crippen MR) is 81.7 cm³/mol. The second-order valence-electron chi connectivity index (χ2n) is 5.27. The van der Waals surface area contributed by atoms with Crippen LogP contribution in [0.3, 0.4) is 0 Å². The van der Waals surface area contributed by atoms with Crippen LogP contribution in [0, 0.1) is 0 Å². The van der Waals surface area contributed by atoms with Crippen LogP contribution in [0.25, 0.3) is 0 Å². The number of aliphatic carboxylic acids is 1. The van der Waals surface area contributed by atoms with Crippen molar-refractivity contribution in [2.24, 2.45) is 0 Å². The summed E-state index contributed by atoms with van der Waals surface area (Å²) in [4.78, 5) is 35.9. The lowest BCUT2D eigenvalue weighted by molar-refractivity contribution is -0.137. The number of nitrogens with zero attached hydrogens (tertiary/aromatic N) is 1. The Bertz CT molecular complexity index is 602. The number of carboxylic acid groups (broad SMARTS) is 1. The molecule has 1 unspecified atom stereocenters. The fourth-order valence-corrected chi connectivity index (χ4v) is 2.61. The summed E-state index contributed by atoms with van der Waals surface area (Å²) < 4.78 is 5.40. The van der Waals surface area contributed by atoms with Crippen molar-refractivity contribution in [3.05, 3.63) is 35.4 Å². The molecule has 23 heavy (non-hydrogen) atoms. The van der Waals surface area contributed by atoms with Crippen LogP contribution in [-0.4, -0.2) is 48.0 Å². The maximum Gasteiger partial charge on any atom is 0.303 e. The second-order valence-corrected chi connectivity index (χ2v) is 5.27. The molecule has 2 rings (SSSR count). The summed E-state index contributed by atoms with van der Waals surface area (Å²) in [6, 6.07) is 7.27. The summed E-state index contributed by atoms with van der Waals surface area (Å²) in [5.74, 6) is -1.25. The zero-order valence-electron chi connectivity index (χ0n) is 12.9. The Labute approximate surface area is 134 Å². The number of nitrogens with one attached hydrogen (secondary N) is 1. The Morgan fingerprint density at radius 2 is 2.04 bits per heavy atom. The molecule has 0 aromatic heterocycles. The summed E-state index contributed by atoms with van der Waals surface area (Å²) in [7, 11) is 1.54. The van der Waals surface area contributed by atoms with Gasteiger partial charge in [-0.1, -0.05) is 18.2 Å². The lowest BCUT2D eigenvalue weighted by Crippen LogP contribution is -2.37. The van der Waals surface area contributed by atoms with E-state index in [0.29, 0.717) is 25.1 Å². The number of hydrogen-bond donors (Lipinski definition) is 2. The van der Waals surface area contributed by atoms with Gasteiger partial charge in [0, 0.05) is 44.2 Å². The van der Waals surface area contributed by atoms with E-state index in [1.54, 1.807) is 17.0 Å². The lowest BCUT2D eigenvalue weighted by Gasteiger charge is -2.24. The number of benzene rings is 1. The van der Waals surface area contributed by atoms with Crippen molar-refractivity contribution in [3.63, 3.8) is 0 Å². The smallest absolute Gasteiger partial charge is 0.303 e.